The van der Waals surface area contributed by atoms with Crippen molar-refractivity contribution in [2.75, 3.05) is 0 Å². The number of hydrogen-bond acceptors (Lipinski definition) is 2. The highest BCUT2D eigenvalue weighted by Gasteiger charge is 2.18. The maximum Gasteiger partial charge on any atom is 0.245 e. The molecule has 0 heterocycles. The number of nitrogens with zero attached hydrogens (tertiary/aromatic N) is 1. The van der Waals surface area contributed by atoms with Gasteiger partial charge in [-0.3, -0.25) is 10.1 Å². The van der Waals surface area contributed by atoms with E-state index in [1.165, 1.54) is 0 Å². The van der Waals surface area contributed by atoms with E-state index in [0.717, 1.165) is 31.3 Å². The Morgan fingerprint density at radius 2 is 2.09 bits per heavy atom. The van der Waals surface area contributed by atoms with E-state index in [0.29, 0.717) is 12.1 Å². The van der Waals surface area contributed by atoms with E-state index in [-0.39, 0.29) is 4.92 Å². The molecular formula is C8H13NO2. The maximum atomic E-state index is 10.5. The molecule has 1 aliphatic rings. The van der Waals surface area contributed by atoms with Gasteiger partial charge in [-0.15, -0.1) is 0 Å². The summed E-state index contributed by atoms with van der Waals surface area (Å²) in [6, 6.07) is 0. The van der Waals surface area contributed by atoms with Crippen molar-refractivity contribution < 1.29 is 4.92 Å². The Morgan fingerprint density at radius 3 is 2.45 bits per heavy atom. The van der Waals surface area contributed by atoms with E-state index >= 15 is 0 Å². The molecule has 0 unspecified atom stereocenters. The number of nitro groups is 1. The fourth-order valence-electron chi connectivity index (χ4n) is 1.60. The van der Waals surface area contributed by atoms with Gasteiger partial charge < -0.3 is 0 Å². The maximum absolute atomic E-state index is 10.5. The van der Waals surface area contributed by atoms with Crippen molar-refractivity contribution >= 4 is 0 Å². The normalized spacial score (nSPS) is 17.0. The predicted molar refractivity (Wildman–Crippen MR) is 42.8 cm³/mol. The second-order valence-corrected chi connectivity index (χ2v) is 2.87. The van der Waals surface area contributed by atoms with Gasteiger partial charge in [-0.2, -0.15) is 0 Å². The number of hydrogen-bond donors (Lipinski definition) is 0. The van der Waals surface area contributed by atoms with Crippen molar-refractivity contribution in [1.82, 2.24) is 0 Å². The van der Waals surface area contributed by atoms with Gasteiger partial charge in [0.25, 0.3) is 0 Å². The van der Waals surface area contributed by atoms with Crippen LogP contribution in [0.1, 0.15) is 39.0 Å². The smallest absolute Gasteiger partial charge is 0.245 e. The molecule has 0 aromatic rings. The topological polar surface area (TPSA) is 43.1 Å². The van der Waals surface area contributed by atoms with Gasteiger partial charge in [0.1, 0.15) is 0 Å². The van der Waals surface area contributed by atoms with Gasteiger partial charge in [0, 0.05) is 12.0 Å². The summed E-state index contributed by atoms with van der Waals surface area (Å²) in [5, 5.41) is 10.5. The zero-order valence-corrected chi connectivity index (χ0v) is 6.80. The van der Waals surface area contributed by atoms with Gasteiger partial charge in [0.05, 0.1) is 4.92 Å². The van der Waals surface area contributed by atoms with Gasteiger partial charge >= 0.3 is 0 Å². The Kier molecular flexibility index (Phi) is 2.63. The largest absolute Gasteiger partial charge is 0.259 e. The number of allylic oxidation sites excluding steroid dienone is 2. The molecule has 11 heavy (non-hydrogen) atoms. The zero-order valence-electron chi connectivity index (χ0n) is 6.80. The third kappa shape index (κ3) is 1.79. The van der Waals surface area contributed by atoms with Crippen molar-refractivity contribution in [1.29, 1.82) is 0 Å². The van der Waals surface area contributed by atoms with Crippen molar-refractivity contribution in [2.45, 2.75) is 39.0 Å². The number of rotatable bonds is 2. The lowest BCUT2D eigenvalue weighted by Gasteiger charge is -1.97. The van der Waals surface area contributed by atoms with Crippen LogP contribution in [-0.4, -0.2) is 4.92 Å². The Balaban J connectivity index is 2.78. The molecule has 0 aromatic heterocycles. The molecule has 0 aromatic carbocycles. The molecule has 1 rings (SSSR count). The minimum Gasteiger partial charge on any atom is -0.259 e. The first-order valence-electron chi connectivity index (χ1n) is 4.11. The van der Waals surface area contributed by atoms with Crippen LogP contribution in [0.25, 0.3) is 0 Å². The van der Waals surface area contributed by atoms with Crippen LogP contribution in [0, 0.1) is 10.1 Å². The summed E-state index contributed by atoms with van der Waals surface area (Å²) in [4.78, 5) is 10.2. The molecule has 0 atom stereocenters. The first kappa shape index (κ1) is 8.24. The van der Waals surface area contributed by atoms with E-state index < -0.39 is 0 Å². The third-order valence-electron chi connectivity index (χ3n) is 2.17. The standard InChI is InChI=1S/C8H13NO2/c1-2-8(9(10)11)7-5-3-4-6-7/h2-6H2,1H3. The molecule has 0 aliphatic heterocycles. The van der Waals surface area contributed by atoms with Crippen molar-refractivity contribution in [3.05, 3.63) is 21.4 Å². The van der Waals surface area contributed by atoms with Crippen molar-refractivity contribution in [3.63, 3.8) is 0 Å². The molecule has 3 heteroatoms. The van der Waals surface area contributed by atoms with Gasteiger partial charge in [-0.05, 0) is 25.7 Å². The lowest BCUT2D eigenvalue weighted by molar-refractivity contribution is -0.428. The van der Waals surface area contributed by atoms with Gasteiger partial charge in [-0.1, -0.05) is 6.92 Å². The Hall–Kier alpha value is -0.860. The summed E-state index contributed by atoms with van der Waals surface area (Å²) in [5.74, 6) is 0. The first-order chi connectivity index (χ1) is 5.25. The van der Waals surface area contributed by atoms with Crippen LogP contribution in [0.5, 0.6) is 0 Å². The lowest BCUT2D eigenvalue weighted by atomic mass is 10.1. The minimum absolute atomic E-state index is 0.222. The second kappa shape index (κ2) is 3.51. The summed E-state index contributed by atoms with van der Waals surface area (Å²) in [5.41, 5.74) is 1.54. The summed E-state index contributed by atoms with van der Waals surface area (Å²) < 4.78 is 0. The van der Waals surface area contributed by atoms with Crippen LogP contribution in [-0.2, 0) is 0 Å². The van der Waals surface area contributed by atoms with Crippen molar-refractivity contribution in [3.8, 4) is 0 Å². The molecule has 3 nitrogen and oxygen atoms in total. The van der Waals surface area contributed by atoms with E-state index in [1.54, 1.807) is 0 Å². The highest BCUT2D eigenvalue weighted by Crippen LogP contribution is 2.28. The summed E-state index contributed by atoms with van der Waals surface area (Å²) in [7, 11) is 0. The fraction of sp³-hybridized carbons (Fsp3) is 0.750. The van der Waals surface area contributed by atoms with Crippen LogP contribution in [0.3, 0.4) is 0 Å². The molecule has 0 spiro atoms. The molecule has 0 radical (unpaired) electrons. The monoisotopic (exact) mass is 155 g/mol. The first-order valence-corrected chi connectivity index (χ1v) is 4.11. The SMILES string of the molecule is CCC(=C1CCCC1)[N+](=O)[O-]. The van der Waals surface area contributed by atoms with E-state index in [4.69, 9.17) is 0 Å². The van der Waals surface area contributed by atoms with Gasteiger partial charge in [0.2, 0.25) is 5.70 Å². The Morgan fingerprint density at radius 1 is 1.55 bits per heavy atom. The van der Waals surface area contributed by atoms with Crippen LogP contribution < -0.4 is 0 Å². The summed E-state index contributed by atoms with van der Waals surface area (Å²) >= 11 is 0. The summed E-state index contributed by atoms with van der Waals surface area (Å²) in [6.45, 7) is 1.85. The molecule has 0 saturated heterocycles. The molecule has 0 N–H and O–H groups in total. The molecule has 0 bridgehead atoms. The molecule has 0 amide bonds. The van der Waals surface area contributed by atoms with Crippen molar-refractivity contribution in [2.24, 2.45) is 0 Å². The highest BCUT2D eigenvalue weighted by atomic mass is 16.6. The molecule has 1 saturated carbocycles. The molecular weight excluding hydrogens is 142 g/mol. The van der Waals surface area contributed by atoms with E-state index in [1.807, 2.05) is 6.92 Å². The quantitative estimate of drug-likeness (QED) is 0.454. The second-order valence-electron chi connectivity index (χ2n) is 2.87. The van der Waals surface area contributed by atoms with E-state index in [9.17, 15) is 10.1 Å². The Bertz CT molecular complexity index is 188. The molecule has 62 valence electrons. The lowest BCUT2D eigenvalue weighted by Crippen LogP contribution is -2.00. The van der Waals surface area contributed by atoms with Gasteiger partial charge in [-0.25, -0.2) is 0 Å². The zero-order chi connectivity index (χ0) is 8.27. The van der Waals surface area contributed by atoms with Crippen LogP contribution >= 0.6 is 0 Å². The minimum atomic E-state index is -0.222. The average molecular weight is 155 g/mol. The van der Waals surface area contributed by atoms with Crippen LogP contribution in [0.15, 0.2) is 11.3 Å². The molecule has 1 fully saturated rings. The highest BCUT2D eigenvalue weighted by molar-refractivity contribution is 5.10. The van der Waals surface area contributed by atoms with Gasteiger partial charge in [0.15, 0.2) is 0 Å². The van der Waals surface area contributed by atoms with Crippen LogP contribution in [0.4, 0.5) is 0 Å². The molecule has 1 aliphatic carbocycles. The summed E-state index contributed by atoms with van der Waals surface area (Å²) in [6.07, 6.45) is 4.73. The average Bonchev–Trinajstić information content (AvgIpc) is 2.40. The Labute approximate surface area is 66.3 Å². The third-order valence-corrected chi connectivity index (χ3v) is 2.17. The fourth-order valence-corrected chi connectivity index (χ4v) is 1.60. The predicted octanol–water partition coefficient (Wildman–Crippen LogP) is 2.50. The van der Waals surface area contributed by atoms with Crippen LogP contribution in [0.2, 0.25) is 0 Å². The van der Waals surface area contributed by atoms with E-state index in [2.05, 4.69) is 0 Å².